The number of rotatable bonds is 5. The summed E-state index contributed by atoms with van der Waals surface area (Å²) in [6.07, 6.45) is 0. The molecule has 10 heteroatoms. The Kier molecular flexibility index (Phi) is 6.70. The highest BCUT2D eigenvalue weighted by Crippen LogP contribution is 2.44. The highest BCUT2D eigenvalue weighted by atomic mass is 35.5. The third kappa shape index (κ3) is 4.12. The van der Waals surface area contributed by atoms with Crippen LogP contribution in [0.15, 0.2) is 71.2 Å². The number of carbonyl (C=O) groups is 3. The van der Waals surface area contributed by atoms with Crippen LogP contribution in [0.25, 0.3) is 0 Å². The lowest BCUT2D eigenvalue weighted by Crippen LogP contribution is -2.41. The quantitative estimate of drug-likeness (QED) is 0.637. The number of allylic oxidation sites excluding steroid dienone is 1. The molecular weight excluding hydrogens is 448 g/mol. The molecule has 2 aromatic rings. The largest absolute Gasteiger partial charge is 0.466 e. The highest BCUT2D eigenvalue weighted by Gasteiger charge is 2.43. The Bertz CT molecular complexity index is 1250. The van der Waals surface area contributed by atoms with E-state index < -0.39 is 23.8 Å². The minimum atomic E-state index is -1.03. The fraction of sp³-hybridized carbons (Fsp3) is 0.130. The first-order valence-corrected chi connectivity index (χ1v) is 9.89. The van der Waals surface area contributed by atoms with Crippen molar-refractivity contribution < 1.29 is 23.9 Å². The van der Waals surface area contributed by atoms with Crippen LogP contribution >= 0.6 is 11.6 Å². The van der Waals surface area contributed by atoms with Gasteiger partial charge in [0.2, 0.25) is 0 Å². The number of ether oxygens (including phenoxy) is 2. The van der Waals surface area contributed by atoms with Gasteiger partial charge in [0.05, 0.1) is 48.6 Å². The predicted molar refractivity (Wildman–Crippen MR) is 120 cm³/mol. The normalized spacial score (nSPS) is 15.7. The van der Waals surface area contributed by atoms with Gasteiger partial charge in [-0.25, -0.2) is 9.59 Å². The van der Waals surface area contributed by atoms with Crippen molar-refractivity contribution in [1.82, 2.24) is 0 Å². The molecule has 0 saturated carbocycles. The number of benzene rings is 2. The summed E-state index contributed by atoms with van der Waals surface area (Å²) in [7, 11) is 2.26. The smallest absolute Gasteiger partial charge is 0.355 e. The Morgan fingerprint density at radius 3 is 2.24 bits per heavy atom. The molecule has 0 aliphatic carbocycles. The third-order valence-corrected chi connectivity index (χ3v) is 5.31. The zero-order chi connectivity index (χ0) is 24.3. The Morgan fingerprint density at radius 2 is 1.70 bits per heavy atom. The van der Waals surface area contributed by atoms with Crippen molar-refractivity contribution in [2.45, 2.75) is 5.92 Å². The van der Waals surface area contributed by atoms with E-state index in [2.05, 4.69) is 0 Å². The summed E-state index contributed by atoms with van der Waals surface area (Å²) in [5, 5.41) is 10.2. The lowest BCUT2D eigenvalue weighted by Gasteiger charge is -2.36. The van der Waals surface area contributed by atoms with E-state index >= 15 is 0 Å². The number of primary amides is 1. The Morgan fingerprint density at radius 1 is 1.06 bits per heavy atom. The van der Waals surface area contributed by atoms with Crippen LogP contribution in [0, 0.1) is 11.3 Å². The fourth-order valence-corrected chi connectivity index (χ4v) is 3.84. The molecule has 1 aliphatic rings. The van der Waals surface area contributed by atoms with E-state index in [0.717, 1.165) is 19.1 Å². The van der Waals surface area contributed by atoms with E-state index in [-0.39, 0.29) is 38.9 Å². The topological polar surface area (TPSA) is 149 Å². The number of nitrogens with two attached hydrogens (primary N) is 2. The standard InChI is InChI=1S/C23H19ClN4O5/c1-32-22(30)18-17(12-6-4-3-5-7-12)15(11-25)20(26)28(19(18)23(31)33-2)16-9-8-13(24)10-14(16)21(27)29/h3-10,17H,26H2,1-2H3,(H2,27,29). The molecule has 0 radical (unpaired) electrons. The molecule has 0 spiro atoms. The molecule has 1 heterocycles. The van der Waals surface area contributed by atoms with Gasteiger partial charge in [0.15, 0.2) is 0 Å². The zero-order valence-electron chi connectivity index (χ0n) is 17.7. The first-order valence-electron chi connectivity index (χ1n) is 9.51. The monoisotopic (exact) mass is 466 g/mol. The molecule has 1 unspecified atom stereocenters. The third-order valence-electron chi connectivity index (χ3n) is 5.08. The van der Waals surface area contributed by atoms with Crippen LogP contribution in [-0.2, 0) is 19.1 Å². The number of hydrogen-bond donors (Lipinski definition) is 2. The van der Waals surface area contributed by atoms with Crippen LogP contribution in [0.2, 0.25) is 5.02 Å². The van der Waals surface area contributed by atoms with Crippen LogP contribution in [0.5, 0.6) is 0 Å². The van der Waals surface area contributed by atoms with Crippen molar-refractivity contribution in [1.29, 1.82) is 5.26 Å². The van der Waals surface area contributed by atoms with E-state index in [9.17, 15) is 19.6 Å². The summed E-state index contributed by atoms with van der Waals surface area (Å²) < 4.78 is 9.90. The Balaban J connectivity index is 2.48. The summed E-state index contributed by atoms with van der Waals surface area (Å²) in [5.41, 5.74) is 11.8. The number of hydrogen-bond acceptors (Lipinski definition) is 8. The van der Waals surface area contributed by atoms with E-state index in [1.165, 1.54) is 18.2 Å². The molecule has 1 aliphatic heterocycles. The molecular formula is C23H19ClN4O5. The van der Waals surface area contributed by atoms with E-state index in [1.54, 1.807) is 30.3 Å². The SMILES string of the molecule is COC(=O)C1=C(C(=O)OC)N(c2ccc(Cl)cc2C(N)=O)C(N)=C(C#N)C1c1ccccc1. The van der Waals surface area contributed by atoms with Gasteiger partial charge in [-0.1, -0.05) is 41.9 Å². The minimum Gasteiger partial charge on any atom is -0.466 e. The summed E-state index contributed by atoms with van der Waals surface area (Å²) >= 11 is 6.02. The van der Waals surface area contributed by atoms with Crippen molar-refractivity contribution in [3.05, 3.63) is 87.3 Å². The van der Waals surface area contributed by atoms with Gasteiger partial charge >= 0.3 is 11.9 Å². The van der Waals surface area contributed by atoms with Crippen LogP contribution in [0.4, 0.5) is 5.69 Å². The molecule has 2 aromatic carbocycles. The van der Waals surface area contributed by atoms with Gasteiger partial charge in [-0.15, -0.1) is 0 Å². The molecule has 3 rings (SSSR count). The van der Waals surface area contributed by atoms with Gasteiger partial charge in [0.1, 0.15) is 11.5 Å². The number of anilines is 1. The van der Waals surface area contributed by atoms with Crippen molar-refractivity contribution in [2.24, 2.45) is 11.5 Å². The van der Waals surface area contributed by atoms with Gasteiger partial charge in [-0.2, -0.15) is 5.26 Å². The van der Waals surface area contributed by atoms with E-state index in [1.807, 2.05) is 6.07 Å². The molecule has 168 valence electrons. The maximum Gasteiger partial charge on any atom is 0.355 e. The second-order valence-corrected chi connectivity index (χ2v) is 7.30. The number of halogens is 1. The highest BCUT2D eigenvalue weighted by molar-refractivity contribution is 6.31. The van der Waals surface area contributed by atoms with Gasteiger partial charge in [0.25, 0.3) is 5.91 Å². The average Bonchev–Trinajstić information content (AvgIpc) is 2.82. The second kappa shape index (κ2) is 9.46. The molecule has 1 atom stereocenters. The first kappa shape index (κ1) is 23.4. The first-order chi connectivity index (χ1) is 15.8. The second-order valence-electron chi connectivity index (χ2n) is 6.86. The number of nitriles is 1. The van der Waals surface area contributed by atoms with Gasteiger partial charge < -0.3 is 20.9 Å². The summed E-state index contributed by atoms with van der Waals surface area (Å²) in [4.78, 5) is 39.3. The summed E-state index contributed by atoms with van der Waals surface area (Å²) in [6.45, 7) is 0. The number of methoxy groups -OCH3 is 2. The van der Waals surface area contributed by atoms with Gasteiger partial charge in [-0.05, 0) is 23.8 Å². The van der Waals surface area contributed by atoms with Crippen LogP contribution in [0.3, 0.4) is 0 Å². The molecule has 33 heavy (non-hydrogen) atoms. The molecule has 1 amide bonds. The summed E-state index contributed by atoms with van der Waals surface area (Å²) in [5.74, 6) is -3.92. The number of nitrogens with zero attached hydrogens (tertiary/aromatic N) is 2. The lowest BCUT2D eigenvalue weighted by molar-refractivity contribution is -0.139. The number of carbonyl (C=O) groups excluding carboxylic acids is 3. The number of esters is 2. The molecule has 0 fully saturated rings. The summed E-state index contributed by atoms with van der Waals surface area (Å²) in [6, 6.07) is 14.7. The maximum atomic E-state index is 13.0. The van der Waals surface area contributed by atoms with Gasteiger partial charge in [0, 0.05) is 5.02 Å². The van der Waals surface area contributed by atoms with Crippen LogP contribution in [-0.4, -0.2) is 32.1 Å². The molecule has 0 bridgehead atoms. The van der Waals surface area contributed by atoms with Crippen LogP contribution in [0.1, 0.15) is 21.8 Å². The van der Waals surface area contributed by atoms with Crippen LogP contribution < -0.4 is 16.4 Å². The van der Waals surface area contributed by atoms with Gasteiger partial charge in [-0.3, -0.25) is 9.69 Å². The van der Waals surface area contributed by atoms with Crippen molar-refractivity contribution in [3.8, 4) is 6.07 Å². The van der Waals surface area contributed by atoms with Crippen molar-refractivity contribution in [3.63, 3.8) is 0 Å². The minimum absolute atomic E-state index is 0.0328. The zero-order valence-corrected chi connectivity index (χ0v) is 18.4. The average molecular weight is 467 g/mol. The maximum absolute atomic E-state index is 13.0. The van der Waals surface area contributed by atoms with Crippen molar-refractivity contribution >= 4 is 35.1 Å². The molecule has 4 N–H and O–H groups in total. The Hall–Kier alpha value is -4.29. The van der Waals surface area contributed by atoms with E-state index in [4.69, 9.17) is 32.5 Å². The fourth-order valence-electron chi connectivity index (χ4n) is 3.66. The predicted octanol–water partition coefficient (Wildman–Crippen LogP) is 2.34. The molecule has 9 nitrogen and oxygen atoms in total. The molecule has 0 aromatic heterocycles. The Labute approximate surface area is 194 Å². The van der Waals surface area contributed by atoms with Crippen molar-refractivity contribution in [2.75, 3.05) is 19.1 Å². The van der Waals surface area contributed by atoms with E-state index in [0.29, 0.717) is 5.56 Å². The number of amides is 1. The lowest BCUT2D eigenvalue weighted by atomic mass is 9.80. The molecule has 0 saturated heterocycles.